The van der Waals surface area contributed by atoms with Gasteiger partial charge >= 0.3 is 5.97 Å². The minimum atomic E-state index is -1.11. The van der Waals surface area contributed by atoms with Crippen LogP contribution in [0.4, 0.5) is 0 Å². The Bertz CT molecular complexity index is 756. The van der Waals surface area contributed by atoms with Crippen molar-refractivity contribution in [2.75, 3.05) is 0 Å². The van der Waals surface area contributed by atoms with E-state index in [0.717, 1.165) is 5.56 Å². The number of carboxylic acid groups (broad SMARTS) is 1. The predicted octanol–water partition coefficient (Wildman–Crippen LogP) is 1.48. The number of aromatic nitrogens is 5. The van der Waals surface area contributed by atoms with Gasteiger partial charge < -0.3 is 5.11 Å². The molecule has 0 amide bonds. The van der Waals surface area contributed by atoms with Crippen LogP contribution in [0.15, 0.2) is 49.1 Å². The summed E-state index contributed by atoms with van der Waals surface area (Å²) in [6.07, 6.45) is 6.56. The number of rotatable bonds is 4. The highest BCUT2D eigenvalue weighted by atomic mass is 16.4. The van der Waals surface area contributed by atoms with Gasteiger partial charge in [0.05, 0.1) is 6.54 Å². The third kappa shape index (κ3) is 2.62. The van der Waals surface area contributed by atoms with Gasteiger partial charge in [0.1, 0.15) is 5.69 Å². The lowest BCUT2D eigenvalue weighted by Crippen LogP contribution is -2.06. The molecular weight excluding hydrogens is 270 g/mol. The highest BCUT2D eigenvalue weighted by molar-refractivity contribution is 5.92. The zero-order valence-electron chi connectivity index (χ0n) is 10.9. The van der Waals surface area contributed by atoms with E-state index in [-0.39, 0.29) is 5.69 Å². The molecule has 21 heavy (non-hydrogen) atoms. The number of carboxylic acids is 1. The SMILES string of the molecule is O=C(O)c1nnn(Cc2ccncc2)c1-c1ccncc1. The van der Waals surface area contributed by atoms with Crippen LogP contribution in [-0.4, -0.2) is 36.0 Å². The minimum absolute atomic E-state index is 0.0738. The standard InChI is InChI=1S/C14H11N5O2/c20-14(21)12-13(11-3-7-16-8-4-11)19(18-17-12)9-10-1-5-15-6-2-10/h1-8H,9H2,(H,20,21). The predicted molar refractivity (Wildman–Crippen MR) is 73.6 cm³/mol. The molecule has 104 valence electrons. The number of aromatic carboxylic acids is 1. The molecule has 1 N–H and O–H groups in total. The Balaban J connectivity index is 2.07. The van der Waals surface area contributed by atoms with Crippen molar-refractivity contribution in [1.82, 2.24) is 25.0 Å². The van der Waals surface area contributed by atoms with Crippen LogP contribution < -0.4 is 0 Å². The van der Waals surface area contributed by atoms with E-state index in [1.807, 2.05) is 12.1 Å². The van der Waals surface area contributed by atoms with Gasteiger partial charge in [-0.25, -0.2) is 9.48 Å². The molecule has 0 aliphatic carbocycles. The lowest BCUT2D eigenvalue weighted by atomic mass is 10.1. The number of nitrogens with zero attached hydrogens (tertiary/aromatic N) is 5. The zero-order chi connectivity index (χ0) is 14.7. The van der Waals surface area contributed by atoms with Crippen molar-refractivity contribution in [3.8, 4) is 11.3 Å². The molecule has 0 aromatic carbocycles. The molecule has 0 aliphatic heterocycles. The van der Waals surface area contributed by atoms with Crippen molar-refractivity contribution in [3.05, 3.63) is 60.3 Å². The molecule has 7 heteroatoms. The smallest absolute Gasteiger partial charge is 0.358 e. The Kier molecular flexibility index (Phi) is 3.38. The topological polar surface area (TPSA) is 93.8 Å². The summed E-state index contributed by atoms with van der Waals surface area (Å²) < 4.78 is 1.56. The minimum Gasteiger partial charge on any atom is -0.476 e. The molecule has 0 fully saturated rings. The molecule has 0 radical (unpaired) electrons. The van der Waals surface area contributed by atoms with Gasteiger partial charge in [-0.05, 0) is 29.8 Å². The Morgan fingerprint density at radius 2 is 1.67 bits per heavy atom. The first-order chi connectivity index (χ1) is 10.3. The van der Waals surface area contributed by atoms with Crippen LogP contribution in [0, 0.1) is 0 Å². The van der Waals surface area contributed by atoms with Crippen LogP contribution in [0.5, 0.6) is 0 Å². The number of carbonyl (C=O) groups is 1. The van der Waals surface area contributed by atoms with Crippen molar-refractivity contribution in [2.45, 2.75) is 6.54 Å². The largest absolute Gasteiger partial charge is 0.476 e. The average molecular weight is 281 g/mol. The first-order valence-corrected chi connectivity index (χ1v) is 6.22. The van der Waals surface area contributed by atoms with Crippen LogP contribution in [-0.2, 0) is 6.54 Å². The van der Waals surface area contributed by atoms with E-state index in [1.165, 1.54) is 0 Å². The third-order valence-electron chi connectivity index (χ3n) is 2.97. The maximum Gasteiger partial charge on any atom is 0.358 e. The first-order valence-electron chi connectivity index (χ1n) is 6.22. The van der Waals surface area contributed by atoms with E-state index in [9.17, 15) is 9.90 Å². The van der Waals surface area contributed by atoms with Crippen molar-refractivity contribution in [1.29, 1.82) is 0 Å². The highest BCUT2D eigenvalue weighted by Gasteiger charge is 2.20. The molecule has 0 atom stereocenters. The monoisotopic (exact) mass is 281 g/mol. The highest BCUT2D eigenvalue weighted by Crippen LogP contribution is 2.22. The summed E-state index contributed by atoms with van der Waals surface area (Å²) >= 11 is 0. The van der Waals surface area contributed by atoms with E-state index in [0.29, 0.717) is 17.8 Å². The second-order valence-electron chi connectivity index (χ2n) is 4.34. The fourth-order valence-electron chi connectivity index (χ4n) is 2.02. The summed E-state index contributed by atoms with van der Waals surface area (Å²) in [7, 11) is 0. The average Bonchev–Trinajstić information content (AvgIpc) is 2.93. The van der Waals surface area contributed by atoms with Crippen LogP contribution in [0.3, 0.4) is 0 Å². The molecule has 3 aromatic rings. The van der Waals surface area contributed by atoms with Gasteiger partial charge in [0.2, 0.25) is 0 Å². The summed E-state index contributed by atoms with van der Waals surface area (Å²) in [4.78, 5) is 19.2. The maximum atomic E-state index is 11.3. The van der Waals surface area contributed by atoms with Gasteiger partial charge in [0.25, 0.3) is 0 Å². The normalized spacial score (nSPS) is 10.5. The van der Waals surface area contributed by atoms with Crippen molar-refractivity contribution in [2.24, 2.45) is 0 Å². The van der Waals surface area contributed by atoms with E-state index >= 15 is 0 Å². The number of hydrogen-bond acceptors (Lipinski definition) is 5. The summed E-state index contributed by atoms with van der Waals surface area (Å²) in [5, 5.41) is 17.0. The molecular formula is C14H11N5O2. The van der Waals surface area contributed by atoms with Gasteiger partial charge in [-0.1, -0.05) is 5.21 Å². The quantitative estimate of drug-likeness (QED) is 0.778. The molecule has 0 saturated heterocycles. The molecule has 0 bridgehead atoms. The Hall–Kier alpha value is -3.09. The van der Waals surface area contributed by atoms with Gasteiger partial charge in [-0.2, -0.15) is 0 Å². The Labute approximate surface area is 119 Å². The lowest BCUT2D eigenvalue weighted by Gasteiger charge is -2.07. The Morgan fingerprint density at radius 3 is 2.29 bits per heavy atom. The fraction of sp³-hybridized carbons (Fsp3) is 0.0714. The lowest BCUT2D eigenvalue weighted by molar-refractivity contribution is 0.0691. The van der Waals surface area contributed by atoms with Gasteiger partial charge in [-0.3, -0.25) is 9.97 Å². The number of pyridine rings is 2. The van der Waals surface area contributed by atoms with E-state index in [4.69, 9.17) is 0 Å². The summed E-state index contributed by atoms with van der Waals surface area (Å²) in [5.41, 5.74) is 2.06. The van der Waals surface area contributed by atoms with Crippen LogP contribution >= 0.6 is 0 Å². The molecule has 0 saturated carbocycles. The van der Waals surface area contributed by atoms with Gasteiger partial charge in [0, 0.05) is 30.4 Å². The van der Waals surface area contributed by atoms with Crippen molar-refractivity contribution < 1.29 is 9.90 Å². The van der Waals surface area contributed by atoms with E-state index in [1.54, 1.807) is 41.6 Å². The third-order valence-corrected chi connectivity index (χ3v) is 2.97. The molecule has 3 rings (SSSR count). The maximum absolute atomic E-state index is 11.3. The summed E-state index contributed by atoms with van der Waals surface area (Å²) in [6, 6.07) is 7.15. The second-order valence-corrected chi connectivity index (χ2v) is 4.34. The van der Waals surface area contributed by atoms with Crippen LogP contribution in [0.25, 0.3) is 11.3 Å². The van der Waals surface area contributed by atoms with Crippen molar-refractivity contribution in [3.63, 3.8) is 0 Å². The van der Waals surface area contributed by atoms with Crippen LogP contribution in [0.1, 0.15) is 16.1 Å². The van der Waals surface area contributed by atoms with E-state index < -0.39 is 5.97 Å². The molecule has 0 unspecified atom stereocenters. The van der Waals surface area contributed by atoms with Gasteiger partial charge in [0.15, 0.2) is 5.69 Å². The molecule has 3 heterocycles. The zero-order valence-corrected chi connectivity index (χ0v) is 10.9. The Morgan fingerprint density at radius 1 is 1.05 bits per heavy atom. The first kappa shape index (κ1) is 12.9. The van der Waals surface area contributed by atoms with E-state index in [2.05, 4.69) is 20.3 Å². The molecule has 0 spiro atoms. The molecule has 7 nitrogen and oxygen atoms in total. The van der Waals surface area contributed by atoms with Gasteiger partial charge in [-0.15, -0.1) is 5.10 Å². The molecule has 0 aliphatic rings. The number of hydrogen-bond donors (Lipinski definition) is 1. The van der Waals surface area contributed by atoms with Crippen LogP contribution in [0.2, 0.25) is 0 Å². The molecule has 3 aromatic heterocycles. The fourth-order valence-corrected chi connectivity index (χ4v) is 2.02. The second kappa shape index (κ2) is 5.49. The summed E-state index contributed by atoms with van der Waals surface area (Å²) in [6.45, 7) is 0.417. The summed E-state index contributed by atoms with van der Waals surface area (Å²) in [5.74, 6) is -1.11. The van der Waals surface area contributed by atoms with Crippen molar-refractivity contribution >= 4 is 5.97 Å².